The molecule has 1 aliphatic heterocycles. The third-order valence-electron chi connectivity index (χ3n) is 3.92. The van der Waals surface area contributed by atoms with Crippen LogP contribution in [0.2, 0.25) is 0 Å². The average molecular weight is 230 g/mol. The smallest absolute Gasteiger partial charge is 0.137 e. The van der Waals surface area contributed by atoms with Gasteiger partial charge in [-0.3, -0.25) is 4.98 Å². The Balaban J connectivity index is 1.94. The quantitative estimate of drug-likeness (QED) is 0.845. The molecule has 1 fully saturated rings. The van der Waals surface area contributed by atoms with Crippen molar-refractivity contribution in [3.8, 4) is 5.75 Å². The van der Waals surface area contributed by atoms with E-state index in [9.17, 15) is 0 Å². The van der Waals surface area contributed by atoms with Gasteiger partial charge in [-0.1, -0.05) is 6.08 Å². The standard InChI is InChI=1S/C14H18N2O/c1-17-12-5-11(7-15-8-12)13-4-2-3-10-6-16-9-14(10)13/h4-5,7-8,10,14,16H,2-3,6,9H2,1H3. The average Bonchev–Trinajstić information content (AvgIpc) is 2.87. The first-order valence-electron chi connectivity index (χ1n) is 6.28. The SMILES string of the molecule is COc1cncc(C2=CCCC3CNCC23)c1. The van der Waals surface area contributed by atoms with Crippen molar-refractivity contribution in [1.82, 2.24) is 10.3 Å². The molecule has 1 saturated heterocycles. The highest BCUT2D eigenvalue weighted by molar-refractivity contribution is 5.69. The molecule has 2 heterocycles. The highest BCUT2D eigenvalue weighted by Gasteiger charge is 2.32. The Labute approximate surface area is 102 Å². The summed E-state index contributed by atoms with van der Waals surface area (Å²) in [7, 11) is 1.69. The second kappa shape index (κ2) is 4.49. The van der Waals surface area contributed by atoms with Crippen LogP contribution in [0.4, 0.5) is 0 Å². The van der Waals surface area contributed by atoms with Crippen LogP contribution in [-0.2, 0) is 0 Å². The van der Waals surface area contributed by atoms with Gasteiger partial charge >= 0.3 is 0 Å². The second-order valence-corrected chi connectivity index (χ2v) is 4.88. The molecule has 90 valence electrons. The van der Waals surface area contributed by atoms with Crippen LogP contribution >= 0.6 is 0 Å². The molecule has 2 unspecified atom stereocenters. The van der Waals surface area contributed by atoms with Gasteiger partial charge in [-0.05, 0) is 42.5 Å². The molecule has 0 saturated carbocycles. The maximum atomic E-state index is 5.25. The summed E-state index contributed by atoms with van der Waals surface area (Å²) in [6.07, 6.45) is 8.60. The molecule has 3 heteroatoms. The van der Waals surface area contributed by atoms with Crippen LogP contribution < -0.4 is 10.1 Å². The van der Waals surface area contributed by atoms with E-state index in [1.807, 2.05) is 6.20 Å². The van der Waals surface area contributed by atoms with Crippen LogP contribution in [0.5, 0.6) is 5.75 Å². The first-order valence-corrected chi connectivity index (χ1v) is 6.28. The summed E-state index contributed by atoms with van der Waals surface area (Å²) < 4.78 is 5.25. The fourth-order valence-electron chi connectivity index (χ4n) is 3.02. The van der Waals surface area contributed by atoms with Crippen molar-refractivity contribution < 1.29 is 4.74 Å². The van der Waals surface area contributed by atoms with E-state index in [0.717, 1.165) is 18.2 Å². The monoisotopic (exact) mass is 230 g/mol. The molecule has 2 atom stereocenters. The summed E-state index contributed by atoms with van der Waals surface area (Å²) >= 11 is 0. The molecule has 3 rings (SSSR count). The Morgan fingerprint density at radius 1 is 1.35 bits per heavy atom. The van der Waals surface area contributed by atoms with Gasteiger partial charge in [-0.15, -0.1) is 0 Å². The number of pyridine rings is 1. The molecule has 0 amide bonds. The molecule has 0 bridgehead atoms. The first-order chi connectivity index (χ1) is 8.38. The van der Waals surface area contributed by atoms with Gasteiger partial charge in [0.2, 0.25) is 0 Å². The van der Waals surface area contributed by atoms with Crippen molar-refractivity contribution in [3.63, 3.8) is 0 Å². The lowest BCUT2D eigenvalue weighted by molar-refractivity contribution is 0.412. The van der Waals surface area contributed by atoms with Gasteiger partial charge in [0, 0.05) is 18.7 Å². The maximum absolute atomic E-state index is 5.25. The molecule has 2 aliphatic rings. The van der Waals surface area contributed by atoms with Crippen molar-refractivity contribution >= 4 is 5.57 Å². The Bertz CT molecular complexity index is 442. The highest BCUT2D eigenvalue weighted by Crippen LogP contribution is 2.38. The summed E-state index contributed by atoms with van der Waals surface area (Å²) in [5.41, 5.74) is 2.68. The number of hydrogen-bond acceptors (Lipinski definition) is 3. The van der Waals surface area contributed by atoms with Crippen LogP contribution in [0.3, 0.4) is 0 Å². The van der Waals surface area contributed by atoms with Crippen LogP contribution in [0.25, 0.3) is 5.57 Å². The van der Waals surface area contributed by atoms with E-state index in [1.54, 1.807) is 13.3 Å². The molecular weight excluding hydrogens is 212 g/mol. The molecule has 1 aromatic heterocycles. The Hall–Kier alpha value is -1.35. The number of ether oxygens (including phenoxy) is 1. The Morgan fingerprint density at radius 3 is 3.18 bits per heavy atom. The molecule has 3 nitrogen and oxygen atoms in total. The van der Waals surface area contributed by atoms with Crippen LogP contribution in [0, 0.1) is 11.8 Å². The van der Waals surface area contributed by atoms with Crippen molar-refractivity contribution in [2.45, 2.75) is 12.8 Å². The summed E-state index contributed by atoms with van der Waals surface area (Å²) in [6, 6.07) is 2.10. The zero-order chi connectivity index (χ0) is 11.7. The molecule has 1 aromatic rings. The molecule has 0 aromatic carbocycles. The highest BCUT2D eigenvalue weighted by atomic mass is 16.5. The minimum Gasteiger partial charge on any atom is -0.495 e. The van der Waals surface area contributed by atoms with Crippen LogP contribution in [0.15, 0.2) is 24.5 Å². The van der Waals surface area contributed by atoms with Gasteiger partial charge in [0.15, 0.2) is 0 Å². The fourth-order valence-corrected chi connectivity index (χ4v) is 3.02. The normalized spacial score (nSPS) is 27.5. The molecular formula is C14H18N2O. The summed E-state index contributed by atoms with van der Waals surface area (Å²) in [5, 5.41) is 3.50. The predicted octanol–water partition coefficient (Wildman–Crippen LogP) is 2.10. The van der Waals surface area contributed by atoms with Gasteiger partial charge in [-0.2, -0.15) is 0 Å². The van der Waals surface area contributed by atoms with E-state index in [1.165, 1.54) is 30.5 Å². The zero-order valence-electron chi connectivity index (χ0n) is 10.1. The van der Waals surface area contributed by atoms with Gasteiger partial charge in [0.05, 0.1) is 13.3 Å². The van der Waals surface area contributed by atoms with Gasteiger partial charge < -0.3 is 10.1 Å². The number of aromatic nitrogens is 1. The van der Waals surface area contributed by atoms with E-state index in [4.69, 9.17) is 4.74 Å². The van der Waals surface area contributed by atoms with Crippen LogP contribution in [0.1, 0.15) is 18.4 Å². The Kier molecular flexibility index (Phi) is 2.85. The minimum atomic E-state index is 0.664. The van der Waals surface area contributed by atoms with E-state index in [-0.39, 0.29) is 0 Å². The predicted molar refractivity (Wildman–Crippen MR) is 67.8 cm³/mol. The second-order valence-electron chi connectivity index (χ2n) is 4.88. The molecule has 17 heavy (non-hydrogen) atoms. The summed E-state index contributed by atoms with van der Waals surface area (Å²) in [6.45, 7) is 2.27. The van der Waals surface area contributed by atoms with E-state index >= 15 is 0 Å². The molecule has 1 aliphatic carbocycles. The molecule has 0 radical (unpaired) electrons. The van der Waals surface area contributed by atoms with E-state index in [2.05, 4.69) is 22.4 Å². The first kappa shape index (κ1) is 10.8. The third kappa shape index (κ3) is 1.95. The van der Waals surface area contributed by atoms with Crippen molar-refractivity contribution in [1.29, 1.82) is 0 Å². The van der Waals surface area contributed by atoms with Gasteiger partial charge in [-0.25, -0.2) is 0 Å². The lowest BCUT2D eigenvalue weighted by Gasteiger charge is -2.26. The minimum absolute atomic E-state index is 0.664. The largest absolute Gasteiger partial charge is 0.495 e. The topological polar surface area (TPSA) is 34.1 Å². The maximum Gasteiger partial charge on any atom is 0.137 e. The molecule has 0 spiro atoms. The number of nitrogens with one attached hydrogen (secondary N) is 1. The number of hydrogen-bond donors (Lipinski definition) is 1. The van der Waals surface area contributed by atoms with Gasteiger partial charge in [0.1, 0.15) is 5.75 Å². The number of rotatable bonds is 2. The van der Waals surface area contributed by atoms with E-state index in [0.29, 0.717) is 5.92 Å². The molecule has 1 N–H and O–H groups in total. The van der Waals surface area contributed by atoms with Crippen molar-refractivity contribution in [2.24, 2.45) is 11.8 Å². The zero-order valence-corrected chi connectivity index (χ0v) is 10.1. The van der Waals surface area contributed by atoms with Crippen molar-refractivity contribution in [2.75, 3.05) is 20.2 Å². The van der Waals surface area contributed by atoms with Gasteiger partial charge in [0.25, 0.3) is 0 Å². The number of nitrogens with zero attached hydrogens (tertiary/aromatic N) is 1. The van der Waals surface area contributed by atoms with Crippen molar-refractivity contribution in [3.05, 3.63) is 30.1 Å². The summed E-state index contributed by atoms with van der Waals surface area (Å²) in [4.78, 5) is 4.26. The lowest BCUT2D eigenvalue weighted by atomic mass is 9.78. The number of fused-ring (bicyclic) bond motifs is 1. The lowest BCUT2D eigenvalue weighted by Crippen LogP contribution is -2.17. The summed E-state index contributed by atoms with van der Waals surface area (Å²) in [5.74, 6) is 2.32. The number of methoxy groups -OCH3 is 1. The third-order valence-corrected chi connectivity index (χ3v) is 3.92. The van der Waals surface area contributed by atoms with Crippen LogP contribution in [-0.4, -0.2) is 25.2 Å². The Morgan fingerprint density at radius 2 is 2.29 bits per heavy atom. The van der Waals surface area contributed by atoms with E-state index < -0.39 is 0 Å². The number of allylic oxidation sites excluding steroid dienone is 1. The fraction of sp³-hybridized carbons (Fsp3) is 0.500.